The molecule has 0 aliphatic rings. The maximum atomic E-state index is 8.76. The number of rotatable bonds is 5. The summed E-state index contributed by atoms with van der Waals surface area (Å²) < 4.78 is 10.7. The molecule has 2 rings (SSSR count). The van der Waals surface area contributed by atoms with Gasteiger partial charge in [-0.1, -0.05) is 6.92 Å². The van der Waals surface area contributed by atoms with Gasteiger partial charge in [0.25, 0.3) is 0 Å². The van der Waals surface area contributed by atoms with Crippen LogP contribution in [0.3, 0.4) is 0 Å². The third-order valence-electron chi connectivity index (χ3n) is 2.83. The van der Waals surface area contributed by atoms with Crippen LogP contribution in [0.15, 0.2) is 40.2 Å². The van der Waals surface area contributed by atoms with Gasteiger partial charge in [-0.2, -0.15) is 5.26 Å². The molecule has 114 valence electrons. The number of anilines is 1. The zero-order valence-electron chi connectivity index (χ0n) is 12.5. The number of nitrogens with one attached hydrogen (secondary N) is 2. The Morgan fingerprint density at radius 3 is 3.00 bits per heavy atom. The lowest BCUT2D eigenvalue weighted by molar-refractivity contribution is 0.415. The second-order valence-electron chi connectivity index (χ2n) is 4.37. The number of hydrogen-bond acceptors (Lipinski definition) is 5. The molecule has 0 radical (unpaired) electrons. The topological polar surface area (TPSA) is 95.5 Å². The number of oxazole rings is 1. The summed E-state index contributed by atoms with van der Waals surface area (Å²) in [5.74, 6) is 1.66. The Hall–Kier alpha value is -3.01. The van der Waals surface area contributed by atoms with E-state index < -0.39 is 0 Å². The van der Waals surface area contributed by atoms with Gasteiger partial charge in [0, 0.05) is 18.3 Å². The van der Waals surface area contributed by atoms with Gasteiger partial charge in [-0.25, -0.2) is 4.98 Å². The SMILES string of the molecule is CCCN=C(NC#N)Nc1ccc(-c2cnco2)c(OC)c1. The van der Waals surface area contributed by atoms with Crippen molar-refractivity contribution in [2.24, 2.45) is 4.99 Å². The Kier molecular flexibility index (Phi) is 5.37. The Labute approximate surface area is 128 Å². The van der Waals surface area contributed by atoms with Gasteiger partial charge in [0.15, 0.2) is 18.3 Å². The Balaban J connectivity index is 2.24. The summed E-state index contributed by atoms with van der Waals surface area (Å²) in [5, 5.41) is 14.3. The maximum absolute atomic E-state index is 8.76. The van der Waals surface area contributed by atoms with Crippen molar-refractivity contribution in [3.8, 4) is 23.3 Å². The predicted octanol–water partition coefficient (Wildman–Crippen LogP) is 2.60. The van der Waals surface area contributed by atoms with Crippen LogP contribution in [0.25, 0.3) is 11.3 Å². The van der Waals surface area contributed by atoms with Crippen molar-refractivity contribution in [2.75, 3.05) is 19.0 Å². The molecule has 0 saturated carbocycles. The van der Waals surface area contributed by atoms with Gasteiger partial charge < -0.3 is 14.5 Å². The van der Waals surface area contributed by atoms with Crippen LogP contribution in [-0.4, -0.2) is 24.6 Å². The number of ether oxygens (including phenoxy) is 1. The average molecular weight is 299 g/mol. The summed E-state index contributed by atoms with van der Waals surface area (Å²) in [6.45, 7) is 2.65. The van der Waals surface area contributed by atoms with Crippen LogP contribution in [0.1, 0.15) is 13.3 Å². The number of nitriles is 1. The minimum Gasteiger partial charge on any atom is -0.496 e. The van der Waals surface area contributed by atoms with E-state index in [2.05, 4.69) is 20.6 Å². The summed E-state index contributed by atoms with van der Waals surface area (Å²) in [7, 11) is 1.58. The number of guanidine groups is 1. The van der Waals surface area contributed by atoms with Crippen LogP contribution in [0.4, 0.5) is 5.69 Å². The van der Waals surface area contributed by atoms with Crippen molar-refractivity contribution in [1.29, 1.82) is 5.26 Å². The molecule has 0 fully saturated rings. The monoisotopic (exact) mass is 299 g/mol. The fourth-order valence-corrected chi connectivity index (χ4v) is 1.84. The molecule has 2 N–H and O–H groups in total. The Morgan fingerprint density at radius 2 is 2.36 bits per heavy atom. The van der Waals surface area contributed by atoms with E-state index in [-0.39, 0.29) is 0 Å². The van der Waals surface area contributed by atoms with Crippen LogP contribution < -0.4 is 15.4 Å². The van der Waals surface area contributed by atoms with Gasteiger partial charge in [0.2, 0.25) is 5.96 Å². The molecule has 0 unspecified atom stereocenters. The zero-order chi connectivity index (χ0) is 15.8. The van der Waals surface area contributed by atoms with Gasteiger partial charge >= 0.3 is 0 Å². The van der Waals surface area contributed by atoms with Gasteiger partial charge in [0.1, 0.15) is 5.75 Å². The van der Waals surface area contributed by atoms with Crippen molar-refractivity contribution in [3.05, 3.63) is 30.8 Å². The molecule has 0 aliphatic heterocycles. The van der Waals surface area contributed by atoms with Crippen LogP contribution in [0, 0.1) is 11.5 Å². The first-order valence-corrected chi connectivity index (χ1v) is 6.82. The van der Waals surface area contributed by atoms with Gasteiger partial charge in [-0.05, 0) is 18.6 Å². The minimum absolute atomic E-state index is 0.402. The fraction of sp³-hybridized carbons (Fsp3) is 0.267. The number of aromatic nitrogens is 1. The third-order valence-corrected chi connectivity index (χ3v) is 2.83. The molecule has 0 amide bonds. The van der Waals surface area contributed by atoms with Crippen molar-refractivity contribution >= 4 is 11.6 Å². The Bertz CT molecular complexity index is 674. The first kappa shape index (κ1) is 15.4. The number of methoxy groups -OCH3 is 1. The second-order valence-corrected chi connectivity index (χ2v) is 4.37. The first-order chi connectivity index (χ1) is 10.8. The quantitative estimate of drug-likeness (QED) is 0.381. The van der Waals surface area contributed by atoms with Gasteiger partial charge in [0.05, 0.1) is 18.9 Å². The standard InChI is InChI=1S/C15H17N5O2/c1-3-6-18-15(19-9-16)20-11-4-5-12(13(7-11)21-2)14-8-17-10-22-14/h4-5,7-8,10H,3,6H2,1-2H3,(H2,18,19,20). The van der Waals surface area contributed by atoms with Crippen molar-refractivity contribution < 1.29 is 9.15 Å². The third kappa shape index (κ3) is 3.76. The molecule has 0 spiro atoms. The molecule has 1 aromatic carbocycles. The van der Waals surface area contributed by atoms with Gasteiger partial charge in [-0.3, -0.25) is 10.3 Å². The molecule has 0 saturated heterocycles. The largest absolute Gasteiger partial charge is 0.496 e. The van der Waals surface area contributed by atoms with E-state index in [4.69, 9.17) is 14.4 Å². The van der Waals surface area contributed by atoms with E-state index in [0.29, 0.717) is 24.0 Å². The molecular weight excluding hydrogens is 282 g/mol. The molecule has 0 aliphatic carbocycles. The number of benzene rings is 1. The predicted molar refractivity (Wildman–Crippen MR) is 83.5 cm³/mol. The van der Waals surface area contributed by atoms with E-state index in [1.165, 1.54) is 6.39 Å². The molecule has 0 atom stereocenters. The summed E-state index contributed by atoms with van der Waals surface area (Å²) in [6, 6.07) is 5.50. The Morgan fingerprint density at radius 1 is 1.50 bits per heavy atom. The lowest BCUT2D eigenvalue weighted by Gasteiger charge is -2.11. The summed E-state index contributed by atoms with van der Waals surface area (Å²) >= 11 is 0. The van der Waals surface area contributed by atoms with Crippen molar-refractivity contribution in [2.45, 2.75) is 13.3 Å². The molecule has 0 bridgehead atoms. The van der Waals surface area contributed by atoms with E-state index in [1.54, 1.807) is 19.4 Å². The summed E-state index contributed by atoms with van der Waals surface area (Å²) in [6.07, 6.45) is 5.75. The second kappa shape index (κ2) is 7.69. The molecule has 1 aromatic heterocycles. The zero-order valence-corrected chi connectivity index (χ0v) is 12.5. The average Bonchev–Trinajstić information content (AvgIpc) is 3.07. The number of hydrogen-bond donors (Lipinski definition) is 2. The van der Waals surface area contributed by atoms with Crippen LogP contribution >= 0.6 is 0 Å². The van der Waals surface area contributed by atoms with Gasteiger partial charge in [-0.15, -0.1) is 0 Å². The highest BCUT2D eigenvalue weighted by molar-refractivity contribution is 5.95. The maximum Gasteiger partial charge on any atom is 0.209 e. The minimum atomic E-state index is 0.402. The summed E-state index contributed by atoms with van der Waals surface area (Å²) in [4.78, 5) is 8.16. The van der Waals surface area contributed by atoms with Crippen molar-refractivity contribution in [1.82, 2.24) is 10.3 Å². The highest BCUT2D eigenvalue weighted by atomic mass is 16.5. The molecule has 1 heterocycles. The highest BCUT2D eigenvalue weighted by Crippen LogP contribution is 2.32. The van der Waals surface area contributed by atoms with Crippen molar-refractivity contribution in [3.63, 3.8) is 0 Å². The lowest BCUT2D eigenvalue weighted by Crippen LogP contribution is -2.27. The van der Waals surface area contributed by atoms with Crippen LogP contribution in [0.2, 0.25) is 0 Å². The smallest absolute Gasteiger partial charge is 0.209 e. The van der Waals surface area contributed by atoms with E-state index >= 15 is 0 Å². The molecule has 22 heavy (non-hydrogen) atoms. The van der Waals surface area contributed by atoms with E-state index in [9.17, 15) is 0 Å². The lowest BCUT2D eigenvalue weighted by atomic mass is 10.1. The number of nitrogens with zero attached hydrogens (tertiary/aromatic N) is 3. The van der Waals surface area contributed by atoms with Crippen LogP contribution in [0.5, 0.6) is 5.75 Å². The molecule has 2 aromatic rings. The number of aliphatic imine (C=N–C) groups is 1. The van der Waals surface area contributed by atoms with Crippen LogP contribution in [-0.2, 0) is 0 Å². The summed E-state index contributed by atoms with van der Waals surface area (Å²) in [5.41, 5.74) is 1.54. The molecule has 7 nitrogen and oxygen atoms in total. The highest BCUT2D eigenvalue weighted by Gasteiger charge is 2.10. The molecular formula is C15H17N5O2. The first-order valence-electron chi connectivity index (χ1n) is 6.82. The fourth-order valence-electron chi connectivity index (χ4n) is 1.84. The normalized spacial score (nSPS) is 10.9. The molecule has 7 heteroatoms. The van der Waals surface area contributed by atoms with E-state index in [1.807, 2.05) is 25.2 Å². The van der Waals surface area contributed by atoms with E-state index in [0.717, 1.165) is 17.7 Å².